The van der Waals surface area contributed by atoms with Gasteiger partial charge in [0.2, 0.25) is 0 Å². The Morgan fingerprint density at radius 2 is 1.15 bits per heavy atom. The first-order chi connectivity index (χ1) is 13.4. The quantitative estimate of drug-likeness (QED) is 0.538. The van der Waals surface area contributed by atoms with E-state index >= 15 is 0 Å². The van der Waals surface area contributed by atoms with E-state index in [1.165, 1.54) is 0 Å². The van der Waals surface area contributed by atoms with Crippen LogP contribution in [0.2, 0.25) is 0 Å². The molecular formula is C23H22N4. The van der Waals surface area contributed by atoms with Gasteiger partial charge in [0.25, 0.3) is 0 Å². The lowest BCUT2D eigenvalue weighted by Crippen LogP contribution is -2.38. The summed E-state index contributed by atoms with van der Waals surface area (Å²) < 4.78 is 1.97. The van der Waals surface area contributed by atoms with Crippen LogP contribution in [0.3, 0.4) is 0 Å². The van der Waals surface area contributed by atoms with Crippen molar-refractivity contribution in [2.24, 2.45) is 5.73 Å². The number of benzene rings is 3. The number of aromatic nitrogens is 3. The lowest BCUT2D eigenvalue weighted by molar-refractivity contribution is 0.455. The van der Waals surface area contributed by atoms with Gasteiger partial charge in [-0.25, -0.2) is 9.67 Å². The van der Waals surface area contributed by atoms with Crippen LogP contribution in [0.5, 0.6) is 0 Å². The normalized spacial score (nSPS) is 11.4. The third-order valence-corrected chi connectivity index (χ3v) is 4.83. The average Bonchev–Trinajstić information content (AvgIpc) is 3.20. The van der Waals surface area contributed by atoms with Gasteiger partial charge in [-0.15, -0.1) is 0 Å². The van der Waals surface area contributed by atoms with E-state index in [4.69, 9.17) is 10.8 Å². The summed E-state index contributed by atoms with van der Waals surface area (Å²) in [6.45, 7) is 0.527. The van der Waals surface area contributed by atoms with Gasteiger partial charge in [0.15, 0.2) is 5.82 Å². The fraction of sp³-hybridized carbons (Fsp3) is 0.130. The van der Waals surface area contributed by atoms with E-state index in [2.05, 4.69) is 77.8 Å². The number of hydrogen-bond acceptors (Lipinski definition) is 3. The van der Waals surface area contributed by atoms with Crippen molar-refractivity contribution in [2.45, 2.75) is 12.0 Å². The Bertz CT molecular complexity index is 882. The molecule has 27 heavy (non-hydrogen) atoms. The highest BCUT2D eigenvalue weighted by molar-refractivity contribution is 5.50. The summed E-state index contributed by atoms with van der Waals surface area (Å²) in [6.07, 6.45) is 2.47. The smallest absolute Gasteiger partial charge is 0.151 e. The molecule has 0 aliphatic heterocycles. The van der Waals surface area contributed by atoms with Gasteiger partial charge in [0.05, 0.1) is 0 Å². The molecule has 4 nitrogen and oxygen atoms in total. The van der Waals surface area contributed by atoms with Crippen molar-refractivity contribution in [3.05, 3.63) is 120 Å². The van der Waals surface area contributed by atoms with E-state index in [1.54, 1.807) is 0 Å². The Morgan fingerprint density at radius 1 is 0.704 bits per heavy atom. The van der Waals surface area contributed by atoms with E-state index in [-0.39, 0.29) is 0 Å². The summed E-state index contributed by atoms with van der Waals surface area (Å²) in [6, 6.07) is 31.3. The molecule has 0 saturated heterocycles. The first-order valence-electron chi connectivity index (χ1n) is 9.13. The van der Waals surface area contributed by atoms with E-state index in [9.17, 15) is 0 Å². The third kappa shape index (κ3) is 3.04. The summed E-state index contributed by atoms with van der Waals surface area (Å²) in [7, 11) is 0. The van der Waals surface area contributed by atoms with Crippen molar-refractivity contribution in [2.75, 3.05) is 6.54 Å². The Kier molecular flexibility index (Phi) is 4.81. The van der Waals surface area contributed by atoms with Crippen LogP contribution in [-0.2, 0) is 12.0 Å². The molecule has 0 aliphatic rings. The van der Waals surface area contributed by atoms with Gasteiger partial charge in [-0.05, 0) is 23.2 Å². The maximum absolute atomic E-state index is 5.72. The molecule has 0 spiro atoms. The van der Waals surface area contributed by atoms with E-state index < -0.39 is 5.54 Å². The Balaban J connectivity index is 2.06. The second-order valence-electron chi connectivity index (χ2n) is 6.45. The van der Waals surface area contributed by atoms with Crippen molar-refractivity contribution < 1.29 is 0 Å². The summed E-state index contributed by atoms with van der Waals surface area (Å²) >= 11 is 0. The molecule has 1 heterocycles. The number of rotatable bonds is 6. The summed E-state index contributed by atoms with van der Waals surface area (Å²) in [5.41, 5.74) is 8.51. The number of nitrogens with two attached hydrogens (primary N) is 1. The third-order valence-electron chi connectivity index (χ3n) is 4.83. The monoisotopic (exact) mass is 354 g/mol. The molecule has 0 radical (unpaired) electrons. The SMILES string of the molecule is NCCc1ncn(C(c2ccccc2)(c2ccccc2)c2ccccc2)n1. The number of hydrogen-bond donors (Lipinski definition) is 1. The highest BCUT2D eigenvalue weighted by Crippen LogP contribution is 2.39. The maximum Gasteiger partial charge on any atom is 0.151 e. The van der Waals surface area contributed by atoms with Crippen molar-refractivity contribution in [3.63, 3.8) is 0 Å². The van der Waals surface area contributed by atoms with E-state index in [1.807, 2.05) is 29.2 Å². The van der Waals surface area contributed by atoms with Gasteiger partial charge in [0, 0.05) is 6.42 Å². The maximum atomic E-state index is 5.72. The molecule has 2 N–H and O–H groups in total. The van der Waals surface area contributed by atoms with Crippen molar-refractivity contribution in [3.8, 4) is 0 Å². The largest absolute Gasteiger partial charge is 0.330 e. The van der Waals surface area contributed by atoms with Crippen LogP contribution in [-0.4, -0.2) is 21.3 Å². The minimum atomic E-state index is -0.608. The zero-order valence-electron chi connectivity index (χ0n) is 15.1. The molecule has 0 amide bonds. The summed E-state index contributed by atoms with van der Waals surface area (Å²) in [5, 5.41) is 4.83. The van der Waals surface area contributed by atoms with E-state index in [0.717, 1.165) is 22.5 Å². The molecule has 4 aromatic rings. The molecular weight excluding hydrogens is 332 g/mol. The molecule has 0 aliphatic carbocycles. The van der Waals surface area contributed by atoms with Gasteiger partial charge in [-0.2, -0.15) is 5.10 Å². The Morgan fingerprint density at radius 3 is 1.56 bits per heavy atom. The van der Waals surface area contributed by atoms with Crippen molar-refractivity contribution in [1.29, 1.82) is 0 Å². The van der Waals surface area contributed by atoms with Crippen LogP contribution in [0.1, 0.15) is 22.5 Å². The van der Waals surface area contributed by atoms with Crippen LogP contribution in [0.4, 0.5) is 0 Å². The lowest BCUT2D eigenvalue weighted by Gasteiger charge is -2.35. The van der Waals surface area contributed by atoms with Crippen molar-refractivity contribution >= 4 is 0 Å². The predicted octanol–water partition coefficient (Wildman–Crippen LogP) is 3.62. The van der Waals surface area contributed by atoms with Gasteiger partial charge in [-0.3, -0.25) is 0 Å². The van der Waals surface area contributed by atoms with Crippen LogP contribution < -0.4 is 5.73 Å². The highest BCUT2D eigenvalue weighted by atomic mass is 15.4. The summed E-state index contributed by atoms with van der Waals surface area (Å²) in [4.78, 5) is 4.52. The predicted molar refractivity (Wildman–Crippen MR) is 107 cm³/mol. The number of nitrogens with zero attached hydrogens (tertiary/aromatic N) is 3. The minimum Gasteiger partial charge on any atom is -0.330 e. The Labute approximate surface area is 159 Å². The molecule has 1 aromatic heterocycles. The first kappa shape index (κ1) is 17.2. The molecule has 4 rings (SSSR count). The zero-order chi connectivity index (χ0) is 18.5. The van der Waals surface area contributed by atoms with Gasteiger partial charge < -0.3 is 5.73 Å². The lowest BCUT2D eigenvalue weighted by atomic mass is 9.77. The van der Waals surface area contributed by atoms with Crippen LogP contribution in [0.15, 0.2) is 97.3 Å². The van der Waals surface area contributed by atoms with E-state index in [0.29, 0.717) is 13.0 Å². The fourth-order valence-corrected chi connectivity index (χ4v) is 3.64. The molecule has 0 bridgehead atoms. The van der Waals surface area contributed by atoms with Gasteiger partial charge >= 0.3 is 0 Å². The van der Waals surface area contributed by atoms with Crippen molar-refractivity contribution in [1.82, 2.24) is 14.8 Å². The molecule has 134 valence electrons. The topological polar surface area (TPSA) is 56.7 Å². The second kappa shape index (κ2) is 7.56. The molecule has 0 unspecified atom stereocenters. The molecule has 4 heteroatoms. The van der Waals surface area contributed by atoms with Gasteiger partial charge in [0.1, 0.15) is 11.9 Å². The standard InChI is InChI=1S/C23H22N4/c24-17-16-22-25-18-27(26-22)23(19-10-4-1-5-11-19,20-12-6-2-7-13-20)21-14-8-3-9-15-21/h1-15,18H,16-17,24H2. The molecule has 0 fully saturated rings. The van der Waals surface area contributed by atoms with Gasteiger partial charge in [-0.1, -0.05) is 91.0 Å². The Hall–Kier alpha value is -3.24. The second-order valence-corrected chi connectivity index (χ2v) is 6.45. The highest BCUT2D eigenvalue weighted by Gasteiger charge is 2.39. The first-order valence-corrected chi connectivity index (χ1v) is 9.13. The average molecular weight is 354 g/mol. The summed E-state index contributed by atoms with van der Waals surface area (Å²) in [5.74, 6) is 0.754. The molecule has 0 atom stereocenters. The minimum absolute atomic E-state index is 0.527. The van der Waals surface area contributed by atoms with Crippen LogP contribution >= 0.6 is 0 Å². The fourth-order valence-electron chi connectivity index (χ4n) is 3.64. The zero-order valence-corrected chi connectivity index (χ0v) is 15.1. The molecule has 0 saturated carbocycles. The van der Waals surface area contributed by atoms with Crippen LogP contribution in [0.25, 0.3) is 0 Å². The van der Waals surface area contributed by atoms with Crippen LogP contribution in [0, 0.1) is 0 Å². The molecule has 3 aromatic carbocycles.